The van der Waals surface area contributed by atoms with Gasteiger partial charge in [-0.25, -0.2) is 4.99 Å². The standard InChI is InChI=1S/C24H41N5O2/c1-4-26-24(27-11-7-13-31-18-19(2)3)28-15-20-8-5-9-21(14-20)16-29-12-6-10-22(17-29)23(25)30/h5,8-9,14,19,22H,4,6-7,10-13,15-18H2,1-3H3,(H2,25,30)(H2,26,27,28). The first-order valence-corrected chi connectivity index (χ1v) is 11.7. The monoisotopic (exact) mass is 431 g/mol. The van der Waals surface area contributed by atoms with E-state index in [1.807, 2.05) is 0 Å². The van der Waals surface area contributed by atoms with E-state index >= 15 is 0 Å². The van der Waals surface area contributed by atoms with Gasteiger partial charge in [0.05, 0.1) is 12.5 Å². The highest BCUT2D eigenvalue weighted by Gasteiger charge is 2.23. The molecule has 1 aromatic carbocycles. The minimum absolute atomic E-state index is 0.0222. The van der Waals surface area contributed by atoms with E-state index in [2.05, 4.69) is 60.6 Å². The Hall–Kier alpha value is -2.12. The van der Waals surface area contributed by atoms with Gasteiger partial charge in [-0.3, -0.25) is 9.69 Å². The number of carbonyl (C=O) groups excluding carboxylic acids is 1. The zero-order chi connectivity index (χ0) is 22.5. The van der Waals surface area contributed by atoms with Gasteiger partial charge in [0.15, 0.2) is 5.96 Å². The predicted molar refractivity (Wildman–Crippen MR) is 127 cm³/mol. The first-order valence-electron chi connectivity index (χ1n) is 11.7. The SMILES string of the molecule is CCNC(=NCc1cccc(CN2CCCC(C(N)=O)C2)c1)NCCCOCC(C)C. The zero-order valence-electron chi connectivity index (χ0n) is 19.5. The lowest BCUT2D eigenvalue weighted by Crippen LogP contribution is -2.40. The van der Waals surface area contributed by atoms with Crippen molar-refractivity contribution in [2.75, 3.05) is 39.4 Å². The number of likely N-dealkylation sites (tertiary alicyclic amines) is 1. The number of amides is 1. The Morgan fingerprint density at radius 2 is 2.13 bits per heavy atom. The summed E-state index contributed by atoms with van der Waals surface area (Å²) in [6, 6.07) is 8.54. The molecular weight excluding hydrogens is 390 g/mol. The predicted octanol–water partition coefficient (Wildman–Crippen LogP) is 2.50. The van der Waals surface area contributed by atoms with Crippen molar-refractivity contribution in [1.29, 1.82) is 0 Å². The molecule has 1 amide bonds. The molecule has 1 saturated heterocycles. The zero-order valence-corrected chi connectivity index (χ0v) is 19.5. The highest BCUT2D eigenvalue weighted by Crippen LogP contribution is 2.19. The molecule has 2 rings (SSSR count). The summed E-state index contributed by atoms with van der Waals surface area (Å²) in [6.45, 7) is 12.9. The van der Waals surface area contributed by atoms with Crippen LogP contribution in [0.2, 0.25) is 0 Å². The van der Waals surface area contributed by atoms with Crippen LogP contribution in [0.15, 0.2) is 29.3 Å². The molecule has 1 aliphatic heterocycles. The molecule has 1 fully saturated rings. The van der Waals surface area contributed by atoms with Gasteiger partial charge in [0.2, 0.25) is 5.91 Å². The Labute approximate surface area is 187 Å². The van der Waals surface area contributed by atoms with Crippen molar-refractivity contribution in [1.82, 2.24) is 15.5 Å². The molecule has 0 saturated carbocycles. The van der Waals surface area contributed by atoms with Crippen LogP contribution >= 0.6 is 0 Å². The lowest BCUT2D eigenvalue weighted by atomic mass is 9.97. The third-order valence-electron chi connectivity index (χ3n) is 5.28. The van der Waals surface area contributed by atoms with Gasteiger partial charge in [0, 0.05) is 39.4 Å². The second-order valence-electron chi connectivity index (χ2n) is 8.74. The Balaban J connectivity index is 1.83. The normalized spacial score (nSPS) is 17.7. The average Bonchev–Trinajstić information content (AvgIpc) is 2.74. The van der Waals surface area contributed by atoms with Crippen molar-refractivity contribution < 1.29 is 9.53 Å². The lowest BCUT2D eigenvalue weighted by molar-refractivity contribution is -0.123. The summed E-state index contributed by atoms with van der Waals surface area (Å²) in [5.74, 6) is 1.20. The summed E-state index contributed by atoms with van der Waals surface area (Å²) in [5.41, 5.74) is 7.94. The maximum absolute atomic E-state index is 11.5. The number of hydrogen-bond acceptors (Lipinski definition) is 4. The molecule has 174 valence electrons. The summed E-state index contributed by atoms with van der Waals surface area (Å²) in [5, 5.41) is 6.69. The molecule has 0 aliphatic carbocycles. The lowest BCUT2D eigenvalue weighted by Gasteiger charge is -2.31. The first-order chi connectivity index (χ1) is 15.0. The van der Waals surface area contributed by atoms with Gasteiger partial charge in [0.1, 0.15) is 0 Å². The van der Waals surface area contributed by atoms with Gasteiger partial charge in [-0.05, 0) is 49.8 Å². The number of aliphatic imine (C=N–C) groups is 1. The Morgan fingerprint density at radius 1 is 1.32 bits per heavy atom. The van der Waals surface area contributed by atoms with Gasteiger partial charge in [-0.15, -0.1) is 0 Å². The number of ether oxygens (including phenoxy) is 1. The highest BCUT2D eigenvalue weighted by molar-refractivity contribution is 5.79. The van der Waals surface area contributed by atoms with Crippen molar-refractivity contribution in [2.45, 2.75) is 53.1 Å². The van der Waals surface area contributed by atoms with E-state index in [-0.39, 0.29) is 11.8 Å². The van der Waals surface area contributed by atoms with Gasteiger partial charge in [-0.2, -0.15) is 0 Å². The van der Waals surface area contributed by atoms with Crippen LogP contribution in [0.4, 0.5) is 0 Å². The molecule has 1 heterocycles. The number of carbonyl (C=O) groups is 1. The van der Waals surface area contributed by atoms with Crippen molar-refractivity contribution in [3.05, 3.63) is 35.4 Å². The molecule has 7 nitrogen and oxygen atoms in total. The van der Waals surface area contributed by atoms with Gasteiger partial charge < -0.3 is 21.1 Å². The average molecular weight is 432 g/mol. The van der Waals surface area contributed by atoms with Crippen LogP contribution in [0.5, 0.6) is 0 Å². The second-order valence-corrected chi connectivity index (χ2v) is 8.74. The number of piperidine rings is 1. The Morgan fingerprint density at radius 3 is 2.87 bits per heavy atom. The van der Waals surface area contributed by atoms with Crippen LogP contribution in [0.25, 0.3) is 0 Å². The minimum atomic E-state index is -0.178. The molecule has 0 spiro atoms. The van der Waals surface area contributed by atoms with Crippen molar-refractivity contribution >= 4 is 11.9 Å². The van der Waals surface area contributed by atoms with E-state index < -0.39 is 0 Å². The van der Waals surface area contributed by atoms with E-state index in [4.69, 9.17) is 15.5 Å². The maximum atomic E-state index is 11.5. The number of hydrogen-bond donors (Lipinski definition) is 3. The molecule has 7 heteroatoms. The summed E-state index contributed by atoms with van der Waals surface area (Å²) in [7, 11) is 0. The molecule has 0 bridgehead atoms. The fraction of sp³-hybridized carbons (Fsp3) is 0.667. The van der Waals surface area contributed by atoms with Crippen molar-refractivity contribution in [3.63, 3.8) is 0 Å². The van der Waals surface area contributed by atoms with E-state index in [1.54, 1.807) is 0 Å². The number of benzene rings is 1. The van der Waals surface area contributed by atoms with Crippen LogP contribution in [0, 0.1) is 11.8 Å². The minimum Gasteiger partial charge on any atom is -0.381 e. The number of nitrogens with one attached hydrogen (secondary N) is 2. The number of nitrogens with two attached hydrogens (primary N) is 1. The Kier molecular flexibility index (Phi) is 11.4. The number of nitrogens with zero attached hydrogens (tertiary/aromatic N) is 2. The summed E-state index contributed by atoms with van der Waals surface area (Å²) in [6.07, 6.45) is 2.89. The molecule has 1 aliphatic rings. The molecular formula is C24H41N5O2. The number of guanidine groups is 1. The molecule has 1 aromatic rings. The third kappa shape index (κ3) is 10.2. The maximum Gasteiger partial charge on any atom is 0.221 e. The van der Waals surface area contributed by atoms with E-state index in [9.17, 15) is 4.79 Å². The van der Waals surface area contributed by atoms with Crippen molar-refractivity contribution in [3.8, 4) is 0 Å². The van der Waals surface area contributed by atoms with Gasteiger partial charge >= 0.3 is 0 Å². The number of rotatable bonds is 12. The molecule has 1 unspecified atom stereocenters. The van der Waals surface area contributed by atoms with Gasteiger partial charge in [0.25, 0.3) is 0 Å². The fourth-order valence-electron chi connectivity index (χ4n) is 3.73. The van der Waals surface area contributed by atoms with Crippen LogP contribution in [0.3, 0.4) is 0 Å². The molecule has 1 atom stereocenters. The van der Waals surface area contributed by atoms with Crippen LogP contribution in [-0.2, 0) is 22.6 Å². The molecule has 0 radical (unpaired) electrons. The molecule has 4 N–H and O–H groups in total. The van der Waals surface area contributed by atoms with Crippen molar-refractivity contribution in [2.24, 2.45) is 22.6 Å². The van der Waals surface area contributed by atoms with E-state index in [0.29, 0.717) is 12.5 Å². The van der Waals surface area contributed by atoms with Crippen LogP contribution in [-0.4, -0.2) is 56.2 Å². The largest absolute Gasteiger partial charge is 0.381 e. The topological polar surface area (TPSA) is 92.0 Å². The first kappa shape index (κ1) is 25.1. The summed E-state index contributed by atoms with van der Waals surface area (Å²) in [4.78, 5) is 18.6. The van der Waals surface area contributed by atoms with Crippen LogP contribution in [0.1, 0.15) is 51.2 Å². The smallest absolute Gasteiger partial charge is 0.221 e. The van der Waals surface area contributed by atoms with Gasteiger partial charge in [-0.1, -0.05) is 38.1 Å². The van der Waals surface area contributed by atoms with E-state index in [0.717, 1.165) is 71.2 Å². The third-order valence-corrected chi connectivity index (χ3v) is 5.28. The van der Waals surface area contributed by atoms with Crippen LogP contribution < -0.4 is 16.4 Å². The highest BCUT2D eigenvalue weighted by atomic mass is 16.5. The molecule has 0 aromatic heterocycles. The quantitative estimate of drug-likeness (QED) is 0.269. The fourth-order valence-corrected chi connectivity index (χ4v) is 3.73. The van der Waals surface area contributed by atoms with E-state index in [1.165, 1.54) is 11.1 Å². The summed E-state index contributed by atoms with van der Waals surface area (Å²) >= 11 is 0. The second kappa shape index (κ2) is 14.0. The molecule has 31 heavy (non-hydrogen) atoms. The summed E-state index contributed by atoms with van der Waals surface area (Å²) < 4.78 is 5.63. The Bertz CT molecular complexity index is 692. The number of primary amides is 1.